The van der Waals surface area contributed by atoms with Crippen molar-refractivity contribution in [3.63, 3.8) is 0 Å². The third-order valence-corrected chi connectivity index (χ3v) is 4.73. The molecule has 2 rings (SSSR count). The zero-order valence-electron chi connectivity index (χ0n) is 11.9. The second-order valence-electron chi connectivity index (χ2n) is 5.15. The summed E-state index contributed by atoms with van der Waals surface area (Å²) in [6.07, 6.45) is 4.19. The molecule has 2 N–H and O–H groups in total. The standard InChI is InChI=1S/C15H22ClNO2/c1-4-10-8-11(18-2)14(19-3)12(13(10)16)15(9-17)6-5-7-15/h8H,4-7,9,17H2,1-3H3. The fourth-order valence-electron chi connectivity index (χ4n) is 2.92. The van der Waals surface area contributed by atoms with Crippen LogP contribution in [0.1, 0.15) is 37.3 Å². The zero-order valence-corrected chi connectivity index (χ0v) is 12.6. The van der Waals surface area contributed by atoms with E-state index in [9.17, 15) is 0 Å². The van der Waals surface area contributed by atoms with E-state index in [0.29, 0.717) is 6.54 Å². The molecule has 1 aliphatic rings. The summed E-state index contributed by atoms with van der Waals surface area (Å²) in [5.74, 6) is 1.49. The molecule has 1 saturated carbocycles. The van der Waals surface area contributed by atoms with Crippen molar-refractivity contribution < 1.29 is 9.47 Å². The summed E-state index contributed by atoms with van der Waals surface area (Å²) in [5, 5.41) is 0.797. The van der Waals surface area contributed by atoms with Gasteiger partial charge in [0.2, 0.25) is 0 Å². The first-order chi connectivity index (χ1) is 9.13. The summed E-state index contributed by atoms with van der Waals surface area (Å²) in [4.78, 5) is 0. The van der Waals surface area contributed by atoms with E-state index in [-0.39, 0.29) is 5.41 Å². The Balaban J connectivity index is 2.68. The number of aryl methyl sites for hydroxylation is 1. The Morgan fingerprint density at radius 1 is 1.32 bits per heavy atom. The minimum absolute atomic E-state index is 0.0408. The molecule has 1 aromatic rings. The van der Waals surface area contributed by atoms with Gasteiger partial charge in [0, 0.05) is 17.5 Å². The van der Waals surface area contributed by atoms with Gasteiger partial charge < -0.3 is 15.2 Å². The summed E-state index contributed by atoms with van der Waals surface area (Å²) >= 11 is 6.61. The van der Waals surface area contributed by atoms with Crippen molar-refractivity contribution in [2.45, 2.75) is 38.0 Å². The number of benzene rings is 1. The number of halogens is 1. The Hall–Kier alpha value is -0.930. The van der Waals surface area contributed by atoms with E-state index in [0.717, 1.165) is 46.9 Å². The van der Waals surface area contributed by atoms with Crippen molar-refractivity contribution in [1.29, 1.82) is 0 Å². The number of hydrogen-bond donors (Lipinski definition) is 1. The van der Waals surface area contributed by atoms with Gasteiger partial charge in [-0.05, 0) is 30.9 Å². The molecule has 0 unspecified atom stereocenters. The minimum atomic E-state index is -0.0408. The van der Waals surface area contributed by atoms with E-state index in [1.165, 1.54) is 6.42 Å². The van der Waals surface area contributed by atoms with E-state index in [2.05, 4.69) is 6.92 Å². The quantitative estimate of drug-likeness (QED) is 0.902. The molecule has 3 nitrogen and oxygen atoms in total. The molecule has 1 aliphatic carbocycles. The van der Waals surface area contributed by atoms with Crippen LogP contribution in [-0.4, -0.2) is 20.8 Å². The van der Waals surface area contributed by atoms with E-state index < -0.39 is 0 Å². The number of ether oxygens (including phenoxy) is 2. The highest BCUT2D eigenvalue weighted by atomic mass is 35.5. The van der Waals surface area contributed by atoms with Gasteiger partial charge in [0.25, 0.3) is 0 Å². The first kappa shape index (κ1) is 14.5. The molecule has 4 heteroatoms. The first-order valence-electron chi connectivity index (χ1n) is 6.77. The highest BCUT2D eigenvalue weighted by Gasteiger charge is 2.42. The first-order valence-corrected chi connectivity index (χ1v) is 7.15. The van der Waals surface area contributed by atoms with Crippen LogP contribution in [0.5, 0.6) is 11.5 Å². The Morgan fingerprint density at radius 2 is 2.00 bits per heavy atom. The van der Waals surface area contributed by atoms with Gasteiger partial charge in [-0.2, -0.15) is 0 Å². The normalized spacial score (nSPS) is 16.9. The molecule has 0 aliphatic heterocycles. The molecule has 0 bridgehead atoms. The molecule has 19 heavy (non-hydrogen) atoms. The fourth-order valence-corrected chi connectivity index (χ4v) is 3.39. The largest absolute Gasteiger partial charge is 0.493 e. The summed E-state index contributed by atoms with van der Waals surface area (Å²) in [7, 11) is 3.32. The number of rotatable bonds is 5. The lowest BCUT2D eigenvalue weighted by atomic mass is 9.64. The van der Waals surface area contributed by atoms with Gasteiger partial charge in [-0.25, -0.2) is 0 Å². The van der Waals surface area contributed by atoms with Crippen LogP contribution >= 0.6 is 11.6 Å². The van der Waals surface area contributed by atoms with Crippen molar-refractivity contribution in [2.75, 3.05) is 20.8 Å². The van der Waals surface area contributed by atoms with Gasteiger partial charge in [0.05, 0.1) is 19.2 Å². The van der Waals surface area contributed by atoms with Crippen LogP contribution < -0.4 is 15.2 Å². The molecule has 1 aromatic carbocycles. The third-order valence-electron chi connectivity index (χ3n) is 4.29. The topological polar surface area (TPSA) is 44.5 Å². The van der Waals surface area contributed by atoms with Crippen molar-refractivity contribution in [1.82, 2.24) is 0 Å². The Labute approximate surface area is 120 Å². The van der Waals surface area contributed by atoms with Crippen LogP contribution in [-0.2, 0) is 11.8 Å². The molecule has 106 valence electrons. The lowest BCUT2D eigenvalue weighted by Gasteiger charge is -2.43. The summed E-state index contributed by atoms with van der Waals surface area (Å²) in [6, 6.07) is 1.97. The fraction of sp³-hybridized carbons (Fsp3) is 0.600. The van der Waals surface area contributed by atoms with E-state index in [1.54, 1.807) is 14.2 Å². The van der Waals surface area contributed by atoms with Crippen LogP contribution in [0.2, 0.25) is 5.02 Å². The summed E-state index contributed by atoms with van der Waals surface area (Å²) in [6.45, 7) is 2.69. The van der Waals surface area contributed by atoms with Gasteiger partial charge in [-0.1, -0.05) is 24.9 Å². The van der Waals surface area contributed by atoms with Crippen LogP contribution in [0.3, 0.4) is 0 Å². The highest BCUT2D eigenvalue weighted by Crippen LogP contribution is 2.52. The number of nitrogens with two attached hydrogens (primary N) is 1. The predicted molar refractivity (Wildman–Crippen MR) is 78.5 cm³/mol. The third kappa shape index (κ3) is 2.19. The average molecular weight is 284 g/mol. The predicted octanol–water partition coefficient (Wildman–Crippen LogP) is 3.30. The Morgan fingerprint density at radius 3 is 2.37 bits per heavy atom. The Bertz CT molecular complexity index is 464. The molecule has 1 fully saturated rings. The second kappa shape index (κ2) is 5.59. The van der Waals surface area contributed by atoms with Gasteiger partial charge in [0.15, 0.2) is 11.5 Å². The average Bonchev–Trinajstić information content (AvgIpc) is 2.39. The van der Waals surface area contributed by atoms with Crippen LogP contribution in [0, 0.1) is 0 Å². The SMILES string of the molecule is CCc1cc(OC)c(OC)c(C2(CN)CCC2)c1Cl. The van der Waals surface area contributed by atoms with E-state index in [4.69, 9.17) is 26.8 Å². The van der Waals surface area contributed by atoms with Crippen molar-refractivity contribution in [3.8, 4) is 11.5 Å². The van der Waals surface area contributed by atoms with Gasteiger partial charge in [-0.3, -0.25) is 0 Å². The maximum atomic E-state index is 6.61. The molecule has 0 atom stereocenters. The van der Waals surface area contributed by atoms with Crippen molar-refractivity contribution in [2.24, 2.45) is 5.73 Å². The maximum absolute atomic E-state index is 6.61. The minimum Gasteiger partial charge on any atom is -0.493 e. The van der Waals surface area contributed by atoms with Gasteiger partial charge >= 0.3 is 0 Å². The Kier molecular flexibility index (Phi) is 4.26. The van der Waals surface area contributed by atoms with Gasteiger partial charge in [-0.15, -0.1) is 0 Å². The number of methoxy groups -OCH3 is 2. The number of hydrogen-bond acceptors (Lipinski definition) is 3. The molecule has 0 heterocycles. The van der Waals surface area contributed by atoms with Crippen LogP contribution in [0.25, 0.3) is 0 Å². The second-order valence-corrected chi connectivity index (χ2v) is 5.53. The highest BCUT2D eigenvalue weighted by molar-refractivity contribution is 6.32. The summed E-state index contributed by atoms with van der Waals surface area (Å²) in [5.41, 5.74) is 8.12. The van der Waals surface area contributed by atoms with Crippen molar-refractivity contribution >= 4 is 11.6 Å². The molecule has 0 spiro atoms. The molecule has 0 saturated heterocycles. The molecule has 0 radical (unpaired) electrons. The molecule has 0 aromatic heterocycles. The van der Waals surface area contributed by atoms with Crippen molar-refractivity contribution in [3.05, 3.63) is 22.2 Å². The van der Waals surface area contributed by atoms with E-state index in [1.807, 2.05) is 6.07 Å². The molecule has 0 amide bonds. The lowest BCUT2D eigenvalue weighted by Crippen LogP contribution is -2.42. The van der Waals surface area contributed by atoms with Crippen LogP contribution in [0.4, 0.5) is 0 Å². The zero-order chi connectivity index (χ0) is 14.0. The monoisotopic (exact) mass is 283 g/mol. The lowest BCUT2D eigenvalue weighted by molar-refractivity contribution is 0.240. The maximum Gasteiger partial charge on any atom is 0.166 e. The molecular weight excluding hydrogens is 262 g/mol. The summed E-state index contributed by atoms with van der Waals surface area (Å²) < 4.78 is 11.0. The van der Waals surface area contributed by atoms with E-state index >= 15 is 0 Å². The van der Waals surface area contributed by atoms with Gasteiger partial charge in [0.1, 0.15) is 0 Å². The molecular formula is C15H22ClNO2. The van der Waals surface area contributed by atoms with Crippen LogP contribution in [0.15, 0.2) is 6.07 Å². The smallest absolute Gasteiger partial charge is 0.166 e.